The molecule has 2 aromatic carbocycles. The molecular weight excluding hydrogens is 300 g/mol. The molecule has 0 saturated heterocycles. The van der Waals surface area contributed by atoms with Gasteiger partial charge in [0.05, 0.1) is 0 Å². The maximum atomic E-state index is 13.5. The van der Waals surface area contributed by atoms with Gasteiger partial charge < -0.3 is 10.4 Å². The molecule has 0 spiro atoms. The van der Waals surface area contributed by atoms with Crippen LogP contribution in [0.2, 0.25) is 5.02 Å². The van der Waals surface area contributed by atoms with E-state index >= 15 is 0 Å². The Balaban J connectivity index is 2.11. The third-order valence-corrected chi connectivity index (χ3v) is 2.84. The Morgan fingerprint density at radius 2 is 2.00 bits per heavy atom. The molecule has 108 valence electrons. The second-order valence-electron chi connectivity index (χ2n) is 4.13. The molecule has 2 rings (SSSR count). The lowest BCUT2D eigenvalue weighted by Gasteiger charge is -2.03. The van der Waals surface area contributed by atoms with E-state index in [0.717, 1.165) is 24.3 Å². The van der Waals surface area contributed by atoms with Crippen molar-refractivity contribution in [2.45, 2.75) is 0 Å². The van der Waals surface area contributed by atoms with E-state index in [4.69, 9.17) is 16.7 Å². The summed E-state index contributed by atoms with van der Waals surface area (Å²) in [5.41, 5.74) is 0.384. The van der Waals surface area contributed by atoms with Crippen LogP contribution in [0.25, 0.3) is 6.08 Å². The van der Waals surface area contributed by atoms with Crippen molar-refractivity contribution in [3.05, 3.63) is 64.7 Å². The largest absolute Gasteiger partial charge is 0.503 e. The van der Waals surface area contributed by atoms with Crippen LogP contribution in [0.15, 0.2) is 42.5 Å². The van der Waals surface area contributed by atoms with E-state index in [-0.39, 0.29) is 5.56 Å². The van der Waals surface area contributed by atoms with Crippen LogP contribution in [0.5, 0.6) is 5.75 Å². The molecule has 0 bridgehead atoms. The lowest BCUT2D eigenvalue weighted by molar-refractivity contribution is -0.111. The summed E-state index contributed by atoms with van der Waals surface area (Å²) in [4.78, 5) is 11.7. The third kappa shape index (κ3) is 3.79. The van der Waals surface area contributed by atoms with Crippen molar-refractivity contribution >= 4 is 29.3 Å². The standard InChI is InChI=1S/C15H10ClF2NO2/c16-10-2-1-3-11(8-10)19-13(20)7-5-9-4-6-12(17)15(21)14(9)18/h1-8,21H,(H,19,20)/b7-5+. The van der Waals surface area contributed by atoms with Crippen molar-refractivity contribution in [1.82, 2.24) is 0 Å². The van der Waals surface area contributed by atoms with Crippen LogP contribution in [0.1, 0.15) is 5.56 Å². The van der Waals surface area contributed by atoms with Crippen LogP contribution in [0, 0.1) is 11.6 Å². The van der Waals surface area contributed by atoms with E-state index < -0.39 is 23.3 Å². The van der Waals surface area contributed by atoms with Crippen molar-refractivity contribution < 1.29 is 18.7 Å². The SMILES string of the molecule is O=C(/C=C/c1ccc(F)c(O)c1F)Nc1cccc(Cl)c1. The van der Waals surface area contributed by atoms with Gasteiger partial charge in [-0.05, 0) is 36.4 Å². The molecule has 0 atom stereocenters. The minimum absolute atomic E-state index is 0.102. The summed E-state index contributed by atoms with van der Waals surface area (Å²) in [7, 11) is 0. The number of hydrogen-bond acceptors (Lipinski definition) is 2. The Morgan fingerprint density at radius 3 is 2.71 bits per heavy atom. The molecule has 1 amide bonds. The average Bonchev–Trinajstić information content (AvgIpc) is 2.44. The number of hydrogen-bond donors (Lipinski definition) is 2. The van der Waals surface area contributed by atoms with Crippen LogP contribution in [0.3, 0.4) is 0 Å². The quantitative estimate of drug-likeness (QED) is 0.843. The Kier molecular flexibility index (Phi) is 4.55. The molecule has 0 radical (unpaired) electrons. The smallest absolute Gasteiger partial charge is 0.248 e. The van der Waals surface area contributed by atoms with Crippen molar-refractivity contribution in [2.75, 3.05) is 5.32 Å². The van der Waals surface area contributed by atoms with Gasteiger partial charge in [-0.2, -0.15) is 0 Å². The number of carbonyl (C=O) groups excluding carboxylic acids is 1. The maximum Gasteiger partial charge on any atom is 0.248 e. The van der Waals surface area contributed by atoms with Gasteiger partial charge in [-0.15, -0.1) is 0 Å². The number of phenolic OH excluding ortho intramolecular Hbond substituents is 1. The summed E-state index contributed by atoms with van der Waals surface area (Å²) in [5.74, 6) is -3.78. The lowest BCUT2D eigenvalue weighted by Crippen LogP contribution is -2.07. The number of nitrogens with one attached hydrogen (secondary N) is 1. The average molecular weight is 310 g/mol. The summed E-state index contributed by atoms with van der Waals surface area (Å²) in [6.45, 7) is 0. The summed E-state index contributed by atoms with van der Waals surface area (Å²) in [6.07, 6.45) is 2.20. The Hall–Kier alpha value is -2.40. The topological polar surface area (TPSA) is 49.3 Å². The number of anilines is 1. The second kappa shape index (κ2) is 6.37. The number of rotatable bonds is 3. The van der Waals surface area contributed by atoms with E-state index in [1.807, 2.05) is 0 Å². The molecule has 2 aromatic rings. The van der Waals surface area contributed by atoms with Gasteiger partial charge in [-0.1, -0.05) is 17.7 Å². The summed E-state index contributed by atoms with van der Waals surface area (Å²) < 4.78 is 26.4. The molecular formula is C15H10ClF2NO2. The molecule has 0 aromatic heterocycles. The molecule has 0 unspecified atom stereocenters. The fourth-order valence-electron chi connectivity index (χ4n) is 1.60. The number of carbonyl (C=O) groups is 1. The minimum Gasteiger partial charge on any atom is -0.503 e. The van der Waals surface area contributed by atoms with Crippen molar-refractivity contribution in [2.24, 2.45) is 0 Å². The lowest BCUT2D eigenvalue weighted by atomic mass is 10.1. The molecule has 0 aliphatic heterocycles. The molecule has 0 aliphatic carbocycles. The third-order valence-electron chi connectivity index (χ3n) is 2.60. The Bertz CT molecular complexity index is 717. The molecule has 0 fully saturated rings. The van der Waals surface area contributed by atoms with Gasteiger partial charge in [0.1, 0.15) is 0 Å². The van der Waals surface area contributed by atoms with Crippen molar-refractivity contribution in [3.8, 4) is 5.75 Å². The number of phenols is 1. The first kappa shape index (κ1) is 15.0. The van der Waals surface area contributed by atoms with Gasteiger partial charge in [-0.25, -0.2) is 8.78 Å². The summed E-state index contributed by atoms with van der Waals surface area (Å²) in [6, 6.07) is 8.54. The van der Waals surface area contributed by atoms with Crippen LogP contribution >= 0.6 is 11.6 Å². The Labute approximate surface area is 124 Å². The highest BCUT2D eigenvalue weighted by Crippen LogP contribution is 2.23. The fraction of sp³-hybridized carbons (Fsp3) is 0. The first-order chi connectivity index (χ1) is 9.97. The highest BCUT2D eigenvalue weighted by molar-refractivity contribution is 6.30. The summed E-state index contributed by atoms with van der Waals surface area (Å²) in [5, 5.41) is 12.1. The van der Waals surface area contributed by atoms with E-state index in [1.54, 1.807) is 24.3 Å². The van der Waals surface area contributed by atoms with Crippen molar-refractivity contribution in [1.29, 1.82) is 0 Å². The van der Waals surface area contributed by atoms with Gasteiger partial charge >= 0.3 is 0 Å². The highest BCUT2D eigenvalue weighted by Gasteiger charge is 2.10. The van der Waals surface area contributed by atoms with Crippen LogP contribution in [-0.4, -0.2) is 11.0 Å². The van der Waals surface area contributed by atoms with Crippen molar-refractivity contribution in [3.63, 3.8) is 0 Å². The van der Waals surface area contributed by atoms with Gasteiger partial charge in [0, 0.05) is 22.3 Å². The predicted octanol–water partition coefficient (Wildman–Crippen LogP) is 3.98. The number of amides is 1. The first-order valence-electron chi connectivity index (χ1n) is 5.89. The molecule has 6 heteroatoms. The Morgan fingerprint density at radius 1 is 1.24 bits per heavy atom. The van der Waals surface area contributed by atoms with Gasteiger partial charge in [0.15, 0.2) is 17.4 Å². The molecule has 0 heterocycles. The minimum atomic E-state index is -1.12. The normalized spacial score (nSPS) is 10.8. The van der Waals surface area contributed by atoms with Gasteiger partial charge in [0.2, 0.25) is 5.91 Å². The number of halogens is 3. The van der Waals surface area contributed by atoms with E-state index in [1.165, 1.54) is 0 Å². The fourth-order valence-corrected chi connectivity index (χ4v) is 1.79. The van der Waals surface area contributed by atoms with Gasteiger partial charge in [-0.3, -0.25) is 4.79 Å². The van der Waals surface area contributed by atoms with Crippen LogP contribution in [-0.2, 0) is 4.79 Å². The monoisotopic (exact) mass is 309 g/mol. The second-order valence-corrected chi connectivity index (χ2v) is 4.57. The number of benzene rings is 2. The maximum absolute atomic E-state index is 13.5. The zero-order valence-electron chi connectivity index (χ0n) is 10.6. The zero-order chi connectivity index (χ0) is 15.4. The summed E-state index contributed by atoms with van der Waals surface area (Å²) >= 11 is 5.77. The van der Waals surface area contributed by atoms with E-state index in [9.17, 15) is 13.6 Å². The molecule has 2 N–H and O–H groups in total. The van der Waals surface area contributed by atoms with E-state index in [2.05, 4.69) is 5.32 Å². The molecule has 0 aliphatic rings. The number of aromatic hydroxyl groups is 1. The highest BCUT2D eigenvalue weighted by atomic mass is 35.5. The molecule has 0 saturated carbocycles. The first-order valence-corrected chi connectivity index (χ1v) is 6.27. The zero-order valence-corrected chi connectivity index (χ0v) is 11.4. The molecule has 21 heavy (non-hydrogen) atoms. The van der Waals surface area contributed by atoms with Crippen LogP contribution in [0.4, 0.5) is 14.5 Å². The van der Waals surface area contributed by atoms with Gasteiger partial charge in [0.25, 0.3) is 0 Å². The van der Waals surface area contributed by atoms with E-state index in [0.29, 0.717) is 10.7 Å². The predicted molar refractivity (Wildman–Crippen MR) is 77.1 cm³/mol. The molecule has 3 nitrogen and oxygen atoms in total. The van der Waals surface area contributed by atoms with Crippen LogP contribution < -0.4 is 5.32 Å².